The third kappa shape index (κ3) is 3.24. The molecule has 0 radical (unpaired) electrons. The predicted octanol–water partition coefficient (Wildman–Crippen LogP) is 2.95. The number of anilines is 1. The second-order valence-corrected chi connectivity index (χ2v) is 7.54. The van der Waals surface area contributed by atoms with Crippen LogP contribution in [0.1, 0.15) is 44.9 Å². The lowest BCUT2D eigenvalue weighted by Gasteiger charge is -2.29. The van der Waals surface area contributed by atoms with Gasteiger partial charge in [0.1, 0.15) is 0 Å². The summed E-state index contributed by atoms with van der Waals surface area (Å²) in [5.41, 5.74) is 0.770. The van der Waals surface area contributed by atoms with E-state index in [2.05, 4.69) is 0 Å². The first-order chi connectivity index (χ1) is 12.6. The molecular formula is C20H26N2O4. The number of hydrogen-bond acceptors (Lipinski definition) is 4. The van der Waals surface area contributed by atoms with E-state index in [4.69, 9.17) is 9.47 Å². The van der Waals surface area contributed by atoms with Crippen LogP contribution in [-0.2, 0) is 9.59 Å². The molecule has 6 heteroatoms. The topological polar surface area (TPSA) is 59.1 Å². The highest BCUT2D eigenvalue weighted by Gasteiger charge is 2.38. The van der Waals surface area contributed by atoms with Crippen molar-refractivity contribution in [3.63, 3.8) is 0 Å². The summed E-state index contributed by atoms with van der Waals surface area (Å²) in [7, 11) is 1.91. The Kier molecular flexibility index (Phi) is 4.74. The van der Waals surface area contributed by atoms with Crippen LogP contribution in [-0.4, -0.2) is 43.1 Å². The van der Waals surface area contributed by atoms with Gasteiger partial charge in [0.05, 0.1) is 5.92 Å². The van der Waals surface area contributed by atoms with Crippen molar-refractivity contribution in [3.05, 3.63) is 18.2 Å². The lowest BCUT2D eigenvalue weighted by molar-refractivity contribution is -0.136. The smallest absolute Gasteiger partial charge is 0.231 e. The molecule has 1 aliphatic carbocycles. The summed E-state index contributed by atoms with van der Waals surface area (Å²) in [5.74, 6) is 1.19. The zero-order chi connectivity index (χ0) is 18.1. The Morgan fingerprint density at radius 3 is 2.62 bits per heavy atom. The quantitative estimate of drug-likeness (QED) is 0.780. The molecule has 2 aliphatic heterocycles. The molecule has 1 saturated carbocycles. The summed E-state index contributed by atoms with van der Waals surface area (Å²) in [6, 6.07) is 5.81. The van der Waals surface area contributed by atoms with Crippen LogP contribution in [0, 0.1) is 5.92 Å². The highest BCUT2D eigenvalue weighted by Crippen LogP contribution is 2.37. The molecular weight excluding hydrogens is 332 g/mol. The molecule has 4 rings (SSSR count). The van der Waals surface area contributed by atoms with E-state index in [0.29, 0.717) is 24.1 Å². The number of amides is 2. The van der Waals surface area contributed by atoms with E-state index in [0.717, 1.165) is 18.5 Å². The van der Waals surface area contributed by atoms with E-state index in [9.17, 15) is 9.59 Å². The van der Waals surface area contributed by atoms with Gasteiger partial charge in [-0.25, -0.2) is 0 Å². The van der Waals surface area contributed by atoms with Crippen LogP contribution in [0.25, 0.3) is 0 Å². The van der Waals surface area contributed by atoms with Crippen LogP contribution in [0.5, 0.6) is 11.5 Å². The number of benzene rings is 1. The number of carbonyl (C=O) groups is 2. The normalized spacial score (nSPS) is 23.2. The van der Waals surface area contributed by atoms with Crippen LogP contribution >= 0.6 is 0 Å². The Morgan fingerprint density at radius 1 is 1.12 bits per heavy atom. The van der Waals surface area contributed by atoms with Crippen LogP contribution in [0.15, 0.2) is 18.2 Å². The second kappa shape index (κ2) is 7.17. The largest absolute Gasteiger partial charge is 0.454 e. The molecule has 1 unspecified atom stereocenters. The Labute approximate surface area is 154 Å². The van der Waals surface area contributed by atoms with E-state index in [1.807, 2.05) is 30.1 Å². The molecule has 1 saturated heterocycles. The van der Waals surface area contributed by atoms with E-state index in [1.54, 1.807) is 4.90 Å². The fraction of sp³-hybridized carbons (Fsp3) is 0.600. The Balaban J connectivity index is 1.44. The van der Waals surface area contributed by atoms with Crippen molar-refractivity contribution in [2.75, 3.05) is 25.3 Å². The molecule has 3 aliphatic rings. The summed E-state index contributed by atoms with van der Waals surface area (Å²) >= 11 is 0. The monoisotopic (exact) mass is 358 g/mol. The van der Waals surface area contributed by atoms with Crippen molar-refractivity contribution >= 4 is 17.5 Å². The fourth-order valence-corrected chi connectivity index (χ4v) is 4.29. The first-order valence-corrected chi connectivity index (χ1v) is 9.60. The Hall–Kier alpha value is -2.24. The molecule has 0 N–H and O–H groups in total. The van der Waals surface area contributed by atoms with Gasteiger partial charge in [-0.3, -0.25) is 9.59 Å². The van der Waals surface area contributed by atoms with Crippen molar-refractivity contribution in [2.24, 2.45) is 5.92 Å². The van der Waals surface area contributed by atoms with Crippen LogP contribution < -0.4 is 14.4 Å². The maximum absolute atomic E-state index is 13.0. The molecule has 26 heavy (non-hydrogen) atoms. The molecule has 0 spiro atoms. The number of fused-ring (bicyclic) bond motifs is 1. The molecule has 2 fully saturated rings. The van der Waals surface area contributed by atoms with Gasteiger partial charge in [0.15, 0.2) is 11.5 Å². The number of rotatable bonds is 3. The number of ether oxygens (including phenoxy) is 2. The predicted molar refractivity (Wildman–Crippen MR) is 97.3 cm³/mol. The highest BCUT2D eigenvalue weighted by atomic mass is 16.7. The molecule has 1 atom stereocenters. The van der Waals surface area contributed by atoms with E-state index < -0.39 is 0 Å². The van der Waals surface area contributed by atoms with Crippen LogP contribution in [0.3, 0.4) is 0 Å². The van der Waals surface area contributed by atoms with Gasteiger partial charge >= 0.3 is 0 Å². The maximum Gasteiger partial charge on any atom is 0.231 e. The van der Waals surface area contributed by atoms with Crippen molar-refractivity contribution in [2.45, 2.75) is 51.0 Å². The molecule has 2 amide bonds. The lowest BCUT2D eigenvalue weighted by atomic mass is 10.0. The first-order valence-electron chi connectivity index (χ1n) is 9.60. The molecule has 1 aromatic rings. The molecule has 140 valence electrons. The van der Waals surface area contributed by atoms with Crippen LogP contribution in [0.2, 0.25) is 0 Å². The van der Waals surface area contributed by atoms with Gasteiger partial charge in [-0.2, -0.15) is 0 Å². The minimum atomic E-state index is -0.263. The van der Waals surface area contributed by atoms with Gasteiger partial charge in [-0.1, -0.05) is 25.7 Å². The summed E-state index contributed by atoms with van der Waals surface area (Å²) in [5, 5.41) is 0. The summed E-state index contributed by atoms with van der Waals surface area (Å²) in [4.78, 5) is 29.1. The van der Waals surface area contributed by atoms with Crippen molar-refractivity contribution in [3.8, 4) is 11.5 Å². The van der Waals surface area contributed by atoms with E-state index in [1.165, 1.54) is 25.7 Å². The van der Waals surface area contributed by atoms with Gasteiger partial charge in [-0.05, 0) is 25.0 Å². The third-order valence-corrected chi connectivity index (χ3v) is 5.86. The standard InChI is InChI=1S/C20H26N2O4/c1-21(15-6-4-2-3-5-7-15)20(24)14-10-19(23)22(12-14)16-8-9-17-18(11-16)26-13-25-17/h8-9,11,14-15H,2-7,10,12-13H2,1H3. The Morgan fingerprint density at radius 2 is 1.85 bits per heavy atom. The van der Waals surface area contributed by atoms with Crippen molar-refractivity contribution < 1.29 is 19.1 Å². The summed E-state index contributed by atoms with van der Waals surface area (Å²) in [6.45, 7) is 0.647. The SMILES string of the molecule is CN(C(=O)C1CC(=O)N(c2ccc3c(c2)OCO3)C1)C1CCCCCC1. The van der Waals surface area contributed by atoms with E-state index >= 15 is 0 Å². The molecule has 0 bridgehead atoms. The minimum absolute atomic E-state index is 0.00326. The average Bonchev–Trinajstić information content (AvgIpc) is 3.17. The summed E-state index contributed by atoms with van der Waals surface area (Å²) < 4.78 is 10.7. The van der Waals surface area contributed by atoms with Crippen LogP contribution in [0.4, 0.5) is 5.69 Å². The van der Waals surface area contributed by atoms with Crippen molar-refractivity contribution in [1.82, 2.24) is 4.90 Å². The molecule has 0 aromatic heterocycles. The minimum Gasteiger partial charge on any atom is -0.454 e. The average molecular weight is 358 g/mol. The highest BCUT2D eigenvalue weighted by molar-refractivity contribution is 6.00. The fourth-order valence-electron chi connectivity index (χ4n) is 4.29. The molecule has 6 nitrogen and oxygen atoms in total. The van der Waals surface area contributed by atoms with Gasteiger partial charge in [0.25, 0.3) is 0 Å². The van der Waals surface area contributed by atoms with Crippen molar-refractivity contribution in [1.29, 1.82) is 0 Å². The van der Waals surface area contributed by atoms with Gasteiger partial charge in [-0.15, -0.1) is 0 Å². The van der Waals surface area contributed by atoms with Gasteiger partial charge in [0, 0.05) is 37.8 Å². The third-order valence-electron chi connectivity index (χ3n) is 5.86. The summed E-state index contributed by atoms with van der Waals surface area (Å²) in [6.07, 6.45) is 7.34. The Bertz CT molecular complexity index is 697. The molecule has 1 aromatic carbocycles. The number of nitrogens with zero attached hydrogens (tertiary/aromatic N) is 2. The molecule has 2 heterocycles. The number of hydrogen-bond donors (Lipinski definition) is 0. The van der Waals surface area contributed by atoms with Gasteiger partial charge < -0.3 is 19.3 Å². The second-order valence-electron chi connectivity index (χ2n) is 7.54. The zero-order valence-corrected chi connectivity index (χ0v) is 15.3. The van der Waals surface area contributed by atoms with E-state index in [-0.39, 0.29) is 30.9 Å². The number of carbonyl (C=O) groups excluding carboxylic acids is 2. The van der Waals surface area contributed by atoms with Gasteiger partial charge in [0.2, 0.25) is 18.6 Å². The zero-order valence-electron chi connectivity index (χ0n) is 15.3. The first kappa shape index (κ1) is 17.2. The lowest BCUT2D eigenvalue weighted by Crippen LogP contribution is -2.41. The maximum atomic E-state index is 13.0.